The highest BCUT2D eigenvalue weighted by molar-refractivity contribution is 6.30. The van der Waals surface area contributed by atoms with Crippen molar-refractivity contribution in [2.45, 2.75) is 40.3 Å². The molecule has 1 aliphatic rings. The van der Waals surface area contributed by atoms with Crippen LogP contribution in [0, 0.1) is 12.8 Å². The zero-order valence-corrected chi connectivity index (χ0v) is 18.5. The van der Waals surface area contributed by atoms with Crippen molar-refractivity contribution in [3.05, 3.63) is 64.2 Å². The molecule has 1 unspecified atom stereocenters. The van der Waals surface area contributed by atoms with Gasteiger partial charge in [-0.15, -0.1) is 0 Å². The van der Waals surface area contributed by atoms with Gasteiger partial charge in [-0.1, -0.05) is 25.4 Å². The molecular weight excluding hydrogens is 416 g/mol. The van der Waals surface area contributed by atoms with Crippen LogP contribution in [-0.2, 0) is 11.3 Å². The summed E-state index contributed by atoms with van der Waals surface area (Å²) in [6, 6.07) is 3.48. The molecule has 3 aromatic rings. The summed E-state index contributed by atoms with van der Waals surface area (Å²) in [4.78, 5) is 35.8. The third-order valence-electron chi connectivity index (χ3n) is 5.43. The van der Waals surface area contributed by atoms with Crippen LogP contribution in [0.5, 0.6) is 0 Å². The zero-order chi connectivity index (χ0) is 22.3. The minimum Gasteiger partial charge on any atom is -0.327 e. The first kappa shape index (κ1) is 21.0. The van der Waals surface area contributed by atoms with Crippen molar-refractivity contribution in [2.75, 3.05) is 5.32 Å². The van der Waals surface area contributed by atoms with E-state index in [1.54, 1.807) is 40.4 Å². The van der Waals surface area contributed by atoms with Crippen molar-refractivity contribution >= 4 is 29.2 Å². The molecule has 2 amide bonds. The maximum absolute atomic E-state index is 13.1. The number of fused-ring (bicyclic) bond motifs is 1. The lowest BCUT2D eigenvalue weighted by molar-refractivity contribution is -0.118. The van der Waals surface area contributed by atoms with Gasteiger partial charge in [0.15, 0.2) is 5.82 Å². The summed E-state index contributed by atoms with van der Waals surface area (Å²) in [5.74, 6) is 0.725. The molecule has 8 nitrogen and oxygen atoms in total. The van der Waals surface area contributed by atoms with E-state index in [4.69, 9.17) is 11.6 Å². The molecule has 0 aromatic carbocycles. The number of nitrogens with zero attached hydrogens (tertiary/aromatic N) is 5. The van der Waals surface area contributed by atoms with E-state index >= 15 is 0 Å². The number of aryl methyl sites for hydroxylation is 1. The summed E-state index contributed by atoms with van der Waals surface area (Å²) in [5.41, 5.74) is 3.12. The number of rotatable bonds is 5. The highest BCUT2D eigenvalue weighted by Gasteiger charge is 2.34. The monoisotopic (exact) mass is 438 g/mol. The van der Waals surface area contributed by atoms with Crippen LogP contribution in [0.2, 0.25) is 5.02 Å². The van der Waals surface area contributed by atoms with Gasteiger partial charge >= 0.3 is 0 Å². The lowest BCUT2D eigenvalue weighted by Gasteiger charge is -2.25. The third-order valence-corrected chi connectivity index (χ3v) is 5.63. The van der Waals surface area contributed by atoms with Crippen LogP contribution in [0.1, 0.15) is 53.9 Å². The number of hydrogen-bond donors (Lipinski definition) is 1. The maximum atomic E-state index is 13.1. The number of amides is 2. The lowest BCUT2D eigenvalue weighted by Crippen LogP contribution is -2.27. The van der Waals surface area contributed by atoms with Crippen molar-refractivity contribution in [1.29, 1.82) is 0 Å². The molecule has 1 atom stereocenters. The average molecular weight is 439 g/mol. The number of pyridine rings is 2. The summed E-state index contributed by atoms with van der Waals surface area (Å²) in [6.07, 6.45) is 6.55. The van der Waals surface area contributed by atoms with E-state index in [0.29, 0.717) is 28.8 Å². The van der Waals surface area contributed by atoms with Crippen LogP contribution in [0.4, 0.5) is 5.82 Å². The fourth-order valence-corrected chi connectivity index (χ4v) is 3.72. The molecule has 1 N–H and O–H groups in total. The summed E-state index contributed by atoms with van der Waals surface area (Å²) in [6.45, 7) is 7.90. The van der Waals surface area contributed by atoms with E-state index in [-0.39, 0.29) is 23.8 Å². The molecule has 4 heterocycles. The normalized spacial score (nSPS) is 14.1. The fourth-order valence-electron chi connectivity index (χ4n) is 3.59. The Balaban J connectivity index is 1.59. The van der Waals surface area contributed by atoms with Gasteiger partial charge in [-0.05, 0) is 37.1 Å². The number of carbonyl (C=O) groups is 2. The van der Waals surface area contributed by atoms with Crippen molar-refractivity contribution < 1.29 is 9.59 Å². The van der Waals surface area contributed by atoms with E-state index < -0.39 is 0 Å². The molecule has 9 heteroatoms. The zero-order valence-electron chi connectivity index (χ0n) is 17.8. The Labute approximate surface area is 185 Å². The SMILES string of the molecule is Cc1cc(C(C)N2Cc3c(ccnc3NC(=O)C(C)C)C2=O)cnc1-n1cc(Cl)cn1. The topological polar surface area (TPSA) is 93.0 Å². The smallest absolute Gasteiger partial charge is 0.255 e. The summed E-state index contributed by atoms with van der Waals surface area (Å²) in [5, 5.41) is 7.57. The molecule has 0 radical (unpaired) electrons. The van der Waals surface area contributed by atoms with Crippen molar-refractivity contribution in [1.82, 2.24) is 24.6 Å². The van der Waals surface area contributed by atoms with Gasteiger partial charge in [0.25, 0.3) is 5.91 Å². The van der Waals surface area contributed by atoms with Gasteiger partial charge < -0.3 is 10.2 Å². The highest BCUT2D eigenvalue weighted by Crippen LogP contribution is 2.34. The van der Waals surface area contributed by atoms with Gasteiger partial charge in [0, 0.05) is 29.4 Å². The van der Waals surface area contributed by atoms with E-state index in [9.17, 15) is 9.59 Å². The van der Waals surface area contributed by atoms with Crippen LogP contribution in [0.25, 0.3) is 5.82 Å². The minimum absolute atomic E-state index is 0.0921. The van der Waals surface area contributed by atoms with Gasteiger partial charge in [-0.25, -0.2) is 14.6 Å². The summed E-state index contributed by atoms with van der Waals surface area (Å²) >= 11 is 5.97. The first-order valence-corrected chi connectivity index (χ1v) is 10.4. The van der Waals surface area contributed by atoms with E-state index in [0.717, 1.165) is 16.7 Å². The molecular formula is C22H23ClN6O2. The molecule has 0 saturated heterocycles. The molecule has 31 heavy (non-hydrogen) atoms. The number of hydrogen-bond acceptors (Lipinski definition) is 5. The van der Waals surface area contributed by atoms with E-state index in [1.165, 1.54) is 0 Å². The molecule has 0 saturated carbocycles. The summed E-state index contributed by atoms with van der Waals surface area (Å²) < 4.78 is 1.62. The van der Waals surface area contributed by atoms with Gasteiger partial charge in [0.2, 0.25) is 5.91 Å². The predicted molar refractivity (Wildman–Crippen MR) is 117 cm³/mol. The Bertz CT molecular complexity index is 1170. The standard InChI is InChI=1S/C22H23ClN6O2/c1-12(2)21(30)27-19-18-11-28(22(31)17(18)5-6-24-19)14(4)15-7-13(3)20(25-8-15)29-10-16(23)9-26-29/h5-10,12,14H,11H2,1-4H3,(H,24,27,30). The number of nitrogens with one attached hydrogen (secondary N) is 1. The first-order valence-electron chi connectivity index (χ1n) is 10.0. The first-order chi connectivity index (χ1) is 14.8. The maximum Gasteiger partial charge on any atom is 0.255 e. The third kappa shape index (κ3) is 3.90. The second-order valence-corrected chi connectivity index (χ2v) is 8.39. The Hall–Kier alpha value is -3.26. The predicted octanol–water partition coefficient (Wildman–Crippen LogP) is 3.94. The Morgan fingerprint density at radius 1 is 1.23 bits per heavy atom. The summed E-state index contributed by atoms with van der Waals surface area (Å²) in [7, 11) is 0. The van der Waals surface area contributed by atoms with Crippen molar-refractivity contribution in [3.63, 3.8) is 0 Å². The highest BCUT2D eigenvalue weighted by atomic mass is 35.5. The molecule has 0 spiro atoms. The molecule has 3 aromatic heterocycles. The van der Waals surface area contributed by atoms with Crippen molar-refractivity contribution in [2.24, 2.45) is 5.92 Å². The fraction of sp³-hybridized carbons (Fsp3) is 0.318. The van der Waals surface area contributed by atoms with E-state index in [2.05, 4.69) is 20.4 Å². The molecule has 1 aliphatic heterocycles. The number of carbonyl (C=O) groups excluding carboxylic acids is 2. The molecule has 0 bridgehead atoms. The van der Waals surface area contributed by atoms with E-state index in [1.807, 2.05) is 33.8 Å². The Kier molecular flexibility index (Phi) is 5.49. The molecule has 160 valence electrons. The van der Waals surface area contributed by atoms with Crippen molar-refractivity contribution in [3.8, 4) is 5.82 Å². The minimum atomic E-state index is -0.213. The Morgan fingerprint density at radius 2 is 2.00 bits per heavy atom. The Morgan fingerprint density at radius 3 is 2.65 bits per heavy atom. The van der Waals surface area contributed by atoms with Crippen LogP contribution in [0.3, 0.4) is 0 Å². The number of aromatic nitrogens is 4. The van der Waals surface area contributed by atoms with Gasteiger partial charge in [-0.2, -0.15) is 5.10 Å². The number of anilines is 1. The lowest BCUT2D eigenvalue weighted by atomic mass is 10.1. The largest absolute Gasteiger partial charge is 0.327 e. The van der Waals surface area contributed by atoms with Gasteiger partial charge in [0.1, 0.15) is 5.82 Å². The average Bonchev–Trinajstić information content (AvgIpc) is 3.31. The van der Waals surface area contributed by atoms with Gasteiger partial charge in [-0.3, -0.25) is 9.59 Å². The number of halogens is 1. The second-order valence-electron chi connectivity index (χ2n) is 7.95. The van der Waals surface area contributed by atoms with Crippen LogP contribution < -0.4 is 5.32 Å². The van der Waals surface area contributed by atoms with Crippen LogP contribution in [-0.4, -0.2) is 36.5 Å². The van der Waals surface area contributed by atoms with Gasteiger partial charge in [0.05, 0.1) is 30.0 Å². The molecule has 0 fully saturated rings. The second kappa shape index (κ2) is 8.11. The van der Waals surface area contributed by atoms with Crippen LogP contribution in [0.15, 0.2) is 36.9 Å². The quantitative estimate of drug-likeness (QED) is 0.651. The molecule has 0 aliphatic carbocycles. The molecule has 4 rings (SSSR count). The van der Waals surface area contributed by atoms with Crippen LogP contribution >= 0.6 is 11.6 Å².